The fourth-order valence-corrected chi connectivity index (χ4v) is 2.89. The minimum Gasteiger partial charge on any atom is -0.381 e. The van der Waals surface area contributed by atoms with E-state index in [1.807, 2.05) is 50.2 Å². The second kappa shape index (κ2) is 12.2. The number of hydrogen-bond acceptors (Lipinski definition) is 4. The smallest absolute Gasteiger partial charge is 0.251 e. The molecule has 0 aliphatic carbocycles. The summed E-state index contributed by atoms with van der Waals surface area (Å²) in [4.78, 5) is 25.1. The van der Waals surface area contributed by atoms with E-state index in [4.69, 9.17) is 5.73 Å². The van der Waals surface area contributed by atoms with Crippen molar-refractivity contribution in [1.29, 1.82) is 0 Å². The number of halogens is 1. The number of nitrogens with one attached hydrogen (secondary N) is 2. The van der Waals surface area contributed by atoms with Gasteiger partial charge < -0.3 is 21.5 Å². The van der Waals surface area contributed by atoms with Crippen LogP contribution < -0.4 is 16.4 Å². The summed E-state index contributed by atoms with van der Waals surface area (Å²) < 4.78 is 0. The molecule has 6 nitrogen and oxygen atoms in total. The fraction of sp³-hybridized carbons (Fsp3) is 0.364. The van der Waals surface area contributed by atoms with Gasteiger partial charge in [0.25, 0.3) is 5.91 Å². The summed E-state index contributed by atoms with van der Waals surface area (Å²) in [5.41, 5.74) is 7.64. The van der Waals surface area contributed by atoms with Crippen LogP contribution in [-0.4, -0.2) is 29.1 Å². The molecule has 0 fully saturated rings. The molecule has 3 atom stereocenters. The average molecular weight is 420 g/mol. The Hall–Kier alpha value is -2.41. The van der Waals surface area contributed by atoms with Crippen LogP contribution in [-0.2, 0) is 16.1 Å². The molecule has 0 radical (unpaired) electrons. The van der Waals surface area contributed by atoms with Gasteiger partial charge in [-0.3, -0.25) is 9.59 Å². The normalized spacial score (nSPS) is 13.7. The van der Waals surface area contributed by atoms with Crippen molar-refractivity contribution in [2.75, 3.05) is 0 Å². The molecule has 0 spiro atoms. The third-order valence-corrected chi connectivity index (χ3v) is 4.44. The van der Waals surface area contributed by atoms with Gasteiger partial charge in [0.2, 0.25) is 5.91 Å². The summed E-state index contributed by atoms with van der Waals surface area (Å²) in [6.07, 6.45) is -0.987. The Bertz CT molecular complexity index is 756. The van der Waals surface area contributed by atoms with Crippen molar-refractivity contribution < 1.29 is 14.7 Å². The zero-order valence-electron chi connectivity index (χ0n) is 16.7. The van der Waals surface area contributed by atoms with Gasteiger partial charge in [-0.15, -0.1) is 12.4 Å². The predicted molar refractivity (Wildman–Crippen MR) is 116 cm³/mol. The van der Waals surface area contributed by atoms with Crippen molar-refractivity contribution >= 4 is 24.2 Å². The highest BCUT2D eigenvalue weighted by molar-refractivity contribution is 5.89. The molecule has 2 amide bonds. The van der Waals surface area contributed by atoms with Crippen LogP contribution in [0.25, 0.3) is 0 Å². The van der Waals surface area contributed by atoms with Crippen LogP contribution in [0.5, 0.6) is 0 Å². The monoisotopic (exact) mass is 419 g/mol. The lowest BCUT2D eigenvalue weighted by atomic mass is 9.99. The highest BCUT2D eigenvalue weighted by Crippen LogP contribution is 2.15. The first-order valence-electron chi connectivity index (χ1n) is 9.49. The minimum atomic E-state index is -1.45. The van der Waals surface area contributed by atoms with Gasteiger partial charge >= 0.3 is 0 Å². The van der Waals surface area contributed by atoms with E-state index in [-0.39, 0.29) is 24.2 Å². The summed E-state index contributed by atoms with van der Waals surface area (Å²) in [5.74, 6) is -0.754. The number of amides is 2. The number of aliphatic hydroxyl groups excluding tert-OH is 1. The topological polar surface area (TPSA) is 104 Å². The van der Waals surface area contributed by atoms with Crippen molar-refractivity contribution in [3.8, 4) is 0 Å². The molecule has 5 N–H and O–H groups in total. The molecule has 2 aromatic rings. The van der Waals surface area contributed by atoms with Gasteiger partial charge in [0.1, 0.15) is 6.04 Å². The largest absolute Gasteiger partial charge is 0.381 e. The Kier molecular flexibility index (Phi) is 10.4. The van der Waals surface area contributed by atoms with E-state index >= 15 is 0 Å². The van der Waals surface area contributed by atoms with Crippen LogP contribution >= 0.6 is 12.4 Å². The van der Waals surface area contributed by atoms with E-state index in [0.29, 0.717) is 18.5 Å². The molecule has 29 heavy (non-hydrogen) atoms. The third-order valence-electron chi connectivity index (χ3n) is 4.44. The molecule has 0 saturated heterocycles. The molecule has 0 bridgehead atoms. The average Bonchev–Trinajstić information content (AvgIpc) is 2.71. The number of nitrogens with two attached hydrogens (primary N) is 1. The maximum Gasteiger partial charge on any atom is 0.251 e. The molecule has 0 saturated carbocycles. The molecule has 7 heteroatoms. The Morgan fingerprint density at radius 2 is 1.52 bits per heavy atom. The quantitative estimate of drug-likeness (QED) is 0.500. The van der Waals surface area contributed by atoms with E-state index in [1.165, 1.54) is 0 Å². The van der Waals surface area contributed by atoms with E-state index in [2.05, 4.69) is 10.6 Å². The molecular formula is C22H30ClN3O3. The molecule has 2 aromatic carbocycles. The Labute approximate surface area is 178 Å². The van der Waals surface area contributed by atoms with Crippen molar-refractivity contribution in [3.05, 3.63) is 71.8 Å². The van der Waals surface area contributed by atoms with Gasteiger partial charge in [-0.25, -0.2) is 0 Å². The van der Waals surface area contributed by atoms with E-state index in [1.54, 1.807) is 24.3 Å². The number of carbonyl (C=O) groups excluding carboxylic acids is 2. The number of hydrogen-bond donors (Lipinski definition) is 4. The van der Waals surface area contributed by atoms with Crippen molar-refractivity contribution in [1.82, 2.24) is 10.6 Å². The number of rotatable bonds is 9. The Morgan fingerprint density at radius 1 is 0.966 bits per heavy atom. The first-order chi connectivity index (χ1) is 13.4. The number of carbonyl (C=O) groups is 2. The lowest BCUT2D eigenvalue weighted by molar-refractivity contribution is -0.135. The van der Waals surface area contributed by atoms with Gasteiger partial charge in [0.15, 0.2) is 6.10 Å². The van der Waals surface area contributed by atoms with E-state index in [0.717, 1.165) is 5.56 Å². The van der Waals surface area contributed by atoms with Crippen LogP contribution in [0.3, 0.4) is 0 Å². The fourth-order valence-electron chi connectivity index (χ4n) is 2.89. The maximum absolute atomic E-state index is 12.6. The van der Waals surface area contributed by atoms with Gasteiger partial charge in [0.05, 0.1) is 6.04 Å². The van der Waals surface area contributed by atoms with Crippen LogP contribution in [0.1, 0.15) is 37.4 Å². The van der Waals surface area contributed by atoms with Crippen LogP contribution in [0.2, 0.25) is 0 Å². The molecule has 0 heterocycles. The SMILES string of the molecule is CC(C)C[C@H](NC(=O)[C@H](O)[C@@H](N)c1ccccc1)C(=O)NCc1ccccc1.Cl. The summed E-state index contributed by atoms with van der Waals surface area (Å²) in [5, 5.41) is 15.8. The van der Waals surface area contributed by atoms with Gasteiger partial charge in [-0.05, 0) is 23.5 Å². The number of benzene rings is 2. The van der Waals surface area contributed by atoms with Crippen molar-refractivity contribution in [3.63, 3.8) is 0 Å². The molecule has 0 unspecified atom stereocenters. The lowest BCUT2D eigenvalue weighted by Gasteiger charge is -2.24. The molecule has 0 aromatic heterocycles. The maximum atomic E-state index is 12.6. The molecule has 2 rings (SSSR count). The Balaban J connectivity index is 0.00000420. The first-order valence-corrected chi connectivity index (χ1v) is 9.49. The molecule has 0 aliphatic rings. The highest BCUT2D eigenvalue weighted by Gasteiger charge is 2.29. The molecular weight excluding hydrogens is 390 g/mol. The van der Waals surface area contributed by atoms with Gasteiger partial charge in [-0.1, -0.05) is 74.5 Å². The molecule has 158 valence electrons. The van der Waals surface area contributed by atoms with Crippen molar-refractivity contribution in [2.45, 2.75) is 45.0 Å². The van der Waals surface area contributed by atoms with Gasteiger partial charge in [0, 0.05) is 6.54 Å². The van der Waals surface area contributed by atoms with E-state index < -0.39 is 24.1 Å². The van der Waals surface area contributed by atoms with Gasteiger partial charge in [-0.2, -0.15) is 0 Å². The zero-order chi connectivity index (χ0) is 20.5. The first kappa shape index (κ1) is 24.6. The lowest BCUT2D eigenvalue weighted by Crippen LogP contribution is -2.51. The second-order valence-corrected chi connectivity index (χ2v) is 7.28. The highest BCUT2D eigenvalue weighted by atomic mass is 35.5. The zero-order valence-corrected chi connectivity index (χ0v) is 17.6. The Morgan fingerprint density at radius 3 is 2.07 bits per heavy atom. The third kappa shape index (κ3) is 7.85. The summed E-state index contributed by atoms with van der Waals surface area (Å²) >= 11 is 0. The summed E-state index contributed by atoms with van der Waals surface area (Å²) in [6.45, 7) is 4.31. The molecule has 0 aliphatic heterocycles. The summed E-state index contributed by atoms with van der Waals surface area (Å²) in [6, 6.07) is 16.8. The second-order valence-electron chi connectivity index (χ2n) is 7.28. The van der Waals surface area contributed by atoms with Crippen LogP contribution in [0.4, 0.5) is 0 Å². The predicted octanol–water partition coefficient (Wildman–Crippen LogP) is 2.32. The standard InChI is InChI=1S/C22H29N3O3.ClH/c1-15(2)13-18(21(27)24-14-16-9-5-3-6-10-16)25-22(28)20(26)19(23)17-11-7-4-8-12-17;/h3-12,15,18-20,26H,13-14,23H2,1-2H3,(H,24,27)(H,25,28);1H/t18-,19-,20+;/m0./s1. The minimum absolute atomic E-state index is 0. The summed E-state index contributed by atoms with van der Waals surface area (Å²) in [7, 11) is 0. The van der Waals surface area contributed by atoms with Crippen molar-refractivity contribution in [2.24, 2.45) is 11.7 Å². The number of aliphatic hydroxyl groups is 1. The van der Waals surface area contributed by atoms with E-state index in [9.17, 15) is 14.7 Å². The van der Waals surface area contributed by atoms with Crippen LogP contribution in [0.15, 0.2) is 60.7 Å². The van der Waals surface area contributed by atoms with Crippen LogP contribution in [0, 0.1) is 5.92 Å².